The fourth-order valence-electron chi connectivity index (χ4n) is 1.80. The standard InChI is InChI=1S/C14H16O5/c1-2-13(16)19-9-7-10-4-3-5-12(14(17)18)11(10)6-8-15/h2-5,15H,1,6-9H2,(H,17,18). The van der Waals surface area contributed by atoms with Gasteiger partial charge in [0.15, 0.2) is 0 Å². The minimum atomic E-state index is -1.03. The van der Waals surface area contributed by atoms with Gasteiger partial charge in [-0.15, -0.1) is 0 Å². The predicted molar refractivity (Wildman–Crippen MR) is 69.1 cm³/mol. The zero-order chi connectivity index (χ0) is 14.3. The van der Waals surface area contributed by atoms with E-state index in [-0.39, 0.29) is 25.2 Å². The van der Waals surface area contributed by atoms with E-state index in [0.717, 1.165) is 11.6 Å². The van der Waals surface area contributed by atoms with Gasteiger partial charge in [-0.2, -0.15) is 0 Å². The van der Waals surface area contributed by atoms with Crippen LogP contribution in [0.1, 0.15) is 21.5 Å². The highest BCUT2D eigenvalue weighted by molar-refractivity contribution is 5.89. The summed E-state index contributed by atoms with van der Waals surface area (Å²) in [6, 6.07) is 4.89. The molecule has 0 fully saturated rings. The fourth-order valence-corrected chi connectivity index (χ4v) is 1.80. The van der Waals surface area contributed by atoms with Crippen LogP contribution in [0.15, 0.2) is 30.9 Å². The molecule has 1 rings (SSSR count). The van der Waals surface area contributed by atoms with Crippen molar-refractivity contribution in [3.8, 4) is 0 Å². The van der Waals surface area contributed by atoms with Gasteiger partial charge in [0.05, 0.1) is 12.2 Å². The molecule has 0 saturated heterocycles. The molecular formula is C14H16O5. The average Bonchev–Trinajstić information content (AvgIpc) is 2.40. The lowest BCUT2D eigenvalue weighted by atomic mass is 9.96. The number of aromatic carboxylic acids is 1. The lowest BCUT2D eigenvalue weighted by Gasteiger charge is -2.11. The molecule has 1 aromatic carbocycles. The van der Waals surface area contributed by atoms with Gasteiger partial charge in [-0.05, 0) is 23.6 Å². The molecule has 5 nitrogen and oxygen atoms in total. The Kier molecular flexibility index (Phi) is 5.75. The SMILES string of the molecule is C=CC(=O)OCCc1cccc(C(=O)O)c1CCO. The molecule has 0 spiro atoms. The van der Waals surface area contributed by atoms with Crippen molar-refractivity contribution in [2.24, 2.45) is 0 Å². The maximum absolute atomic E-state index is 11.1. The van der Waals surface area contributed by atoms with Crippen LogP contribution >= 0.6 is 0 Å². The Morgan fingerprint density at radius 3 is 2.63 bits per heavy atom. The number of aliphatic hydroxyl groups is 1. The Morgan fingerprint density at radius 2 is 2.05 bits per heavy atom. The summed E-state index contributed by atoms with van der Waals surface area (Å²) in [5.41, 5.74) is 1.50. The van der Waals surface area contributed by atoms with E-state index < -0.39 is 11.9 Å². The zero-order valence-corrected chi connectivity index (χ0v) is 10.5. The smallest absolute Gasteiger partial charge is 0.335 e. The van der Waals surface area contributed by atoms with Crippen LogP contribution < -0.4 is 0 Å². The Balaban J connectivity index is 2.87. The third-order valence-electron chi connectivity index (χ3n) is 2.65. The van der Waals surface area contributed by atoms with E-state index in [1.165, 1.54) is 6.07 Å². The van der Waals surface area contributed by atoms with Crippen LogP contribution in [-0.4, -0.2) is 35.4 Å². The van der Waals surface area contributed by atoms with Crippen LogP contribution in [0.25, 0.3) is 0 Å². The number of hydrogen-bond acceptors (Lipinski definition) is 4. The quantitative estimate of drug-likeness (QED) is 0.571. The molecule has 0 amide bonds. The largest absolute Gasteiger partial charge is 0.478 e. The number of esters is 1. The number of carbonyl (C=O) groups is 2. The van der Waals surface area contributed by atoms with Crippen molar-refractivity contribution < 1.29 is 24.5 Å². The van der Waals surface area contributed by atoms with Gasteiger partial charge in [0.1, 0.15) is 0 Å². The van der Waals surface area contributed by atoms with Crippen molar-refractivity contribution in [2.75, 3.05) is 13.2 Å². The maximum atomic E-state index is 11.1. The summed E-state index contributed by atoms with van der Waals surface area (Å²) in [5.74, 6) is -1.55. The zero-order valence-electron chi connectivity index (χ0n) is 10.5. The van der Waals surface area contributed by atoms with Crippen molar-refractivity contribution in [1.82, 2.24) is 0 Å². The second-order valence-corrected chi connectivity index (χ2v) is 3.84. The van der Waals surface area contributed by atoms with Gasteiger partial charge in [0, 0.05) is 19.1 Å². The summed E-state index contributed by atoms with van der Waals surface area (Å²) in [7, 11) is 0. The number of ether oxygens (including phenoxy) is 1. The highest BCUT2D eigenvalue weighted by Gasteiger charge is 2.13. The van der Waals surface area contributed by atoms with Gasteiger partial charge in [-0.25, -0.2) is 9.59 Å². The molecule has 102 valence electrons. The molecule has 5 heteroatoms. The number of aliphatic hydroxyl groups excluding tert-OH is 1. The molecule has 0 bridgehead atoms. The van der Waals surface area contributed by atoms with E-state index >= 15 is 0 Å². The van der Waals surface area contributed by atoms with E-state index in [4.69, 9.17) is 14.9 Å². The first-order chi connectivity index (χ1) is 9.10. The van der Waals surface area contributed by atoms with Crippen molar-refractivity contribution >= 4 is 11.9 Å². The van der Waals surface area contributed by atoms with Crippen molar-refractivity contribution in [2.45, 2.75) is 12.8 Å². The average molecular weight is 264 g/mol. The highest BCUT2D eigenvalue weighted by atomic mass is 16.5. The highest BCUT2D eigenvalue weighted by Crippen LogP contribution is 2.17. The number of carbonyl (C=O) groups excluding carboxylic acids is 1. The predicted octanol–water partition coefficient (Wildman–Crippen LogP) is 1.19. The van der Waals surface area contributed by atoms with Crippen LogP contribution in [0.4, 0.5) is 0 Å². The van der Waals surface area contributed by atoms with Gasteiger partial charge >= 0.3 is 11.9 Å². The molecule has 0 unspecified atom stereocenters. The lowest BCUT2D eigenvalue weighted by Crippen LogP contribution is -2.11. The Labute approximate surface area is 111 Å². The van der Waals surface area contributed by atoms with Gasteiger partial charge in [-0.1, -0.05) is 18.7 Å². The normalized spacial score (nSPS) is 9.95. The van der Waals surface area contributed by atoms with Gasteiger partial charge in [-0.3, -0.25) is 0 Å². The molecule has 19 heavy (non-hydrogen) atoms. The van der Waals surface area contributed by atoms with Crippen molar-refractivity contribution in [1.29, 1.82) is 0 Å². The van der Waals surface area contributed by atoms with Crippen molar-refractivity contribution in [3.05, 3.63) is 47.5 Å². The Hall–Kier alpha value is -2.14. The summed E-state index contributed by atoms with van der Waals surface area (Å²) in [6.45, 7) is 3.30. The fraction of sp³-hybridized carbons (Fsp3) is 0.286. The maximum Gasteiger partial charge on any atom is 0.335 e. The molecule has 0 heterocycles. The molecule has 0 saturated carbocycles. The molecule has 0 aliphatic rings. The Morgan fingerprint density at radius 1 is 1.32 bits per heavy atom. The second kappa shape index (κ2) is 7.33. The molecule has 0 atom stereocenters. The van der Waals surface area contributed by atoms with E-state index in [2.05, 4.69) is 6.58 Å². The van der Waals surface area contributed by atoms with E-state index in [1.807, 2.05) is 0 Å². The number of carboxylic acid groups (broad SMARTS) is 1. The Bertz CT molecular complexity index is 479. The minimum absolute atomic E-state index is 0.135. The van der Waals surface area contributed by atoms with Crippen molar-refractivity contribution in [3.63, 3.8) is 0 Å². The summed E-state index contributed by atoms with van der Waals surface area (Å²) in [4.78, 5) is 22.0. The monoisotopic (exact) mass is 264 g/mol. The molecule has 2 N–H and O–H groups in total. The molecule has 0 radical (unpaired) electrons. The van der Waals surface area contributed by atoms with Crippen LogP contribution in [0, 0.1) is 0 Å². The number of benzene rings is 1. The third kappa shape index (κ3) is 4.22. The lowest BCUT2D eigenvalue weighted by molar-refractivity contribution is -0.137. The summed E-state index contributed by atoms with van der Waals surface area (Å²) in [5, 5.41) is 18.1. The third-order valence-corrected chi connectivity index (χ3v) is 2.65. The summed E-state index contributed by atoms with van der Waals surface area (Å²) < 4.78 is 4.86. The van der Waals surface area contributed by atoms with E-state index in [9.17, 15) is 9.59 Å². The molecule has 0 aromatic heterocycles. The first kappa shape index (κ1) is 14.9. The van der Waals surface area contributed by atoms with E-state index in [0.29, 0.717) is 12.0 Å². The molecule has 0 aliphatic carbocycles. The molecule has 1 aromatic rings. The molecular weight excluding hydrogens is 248 g/mol. The van der Waals surface area contributed by atoms with Gasteiger partial charge < -0.3 is 14.9 Å². The van der Waals surface area contributed by atoms with E-state index in [1.54, 1.807) is 12.1 Å². The van der Waals surface area contributed by atoms with Gasteiger partial charge in [0.25, 0.3) is 0 Å². The van der Waals surface area contributed by atoms with Crippen LogP contribution in [0.5, 0.6) is 0 Å². The number of hydrogen-bond donors (Lipinski definition) is 2. The van der Waals surface area contributed by atoms with Crippen LogP contribution in [0.3, 0.4) is 0 Å². The summed E-state index contributed by atoms with van der Waals surface area (Å²) in [6.07, 6.45) is 1.73. The first-order valence-electron chi connectivity index (χ1n) is 5.84. The van der Waals surface area contributed by atoms with Crippen LogP contribution in [-0.2, 0) is 22.4 Å². The first-order valence-corrected chi connectivity index (χ1v) is 5.84. The number of rotatable bonds is 7. The van der Waals surface area contributed by atoms with Crippen LogP contribution in [0.2, 0.25) is 0 Å². The second-order valence-electron chi connectivity index (χ2n) is 3.84. The van der Waals surface area contributed by atoms with Gasteiger partial charge in [0.2, 0.25) is 0 Å². The molecule has 0 aliphatic heterocycles. The number of carboxylic acids is 1. The minimum Gasteiger partial charge on any atom is -0.478 e. The topological polar surface area (TPSA) is 83.8 Å². The summed E-state index contributed by atoms with van der Waals surface area (Å²) >= 11 is 0.